The standard InChI is InChI=1S/C11H22N4O2/c1-3-13-11(17)15-6-4-14(5-7-15)10(16)9(2)8-12/h9H,3-8,12H2,1-2H3,(H,13,17). The van der Waals surface area contributed by atoms with Gasteiger partial charge in [-0.3, -0.25) is 4.79 Å². The smallest absolute Gasteiger partial charge is 0.317 e. The first-order chi connectivity index (χ1) is 8.10. The minimum atomic E-state index is -0.133. The molecule has 1 unspecified atom stereocenters. The molecule has 17 heavy (non-hydrogen) atoms. The zero-order valence-corrected chi connectivity index (χ0v) is 10.6. The van der Waals surface area contributed by atoms with E-state index in [2.05, 4.69) is 5.32 Å². The molecular formula is C11H22N4O2. The van der Waals surface area contributed by atoms with Crippen LogP contribution >= 0.6 is 0 Å². The summed E-state index contributed by atoms with van der Waals surface area (Å²) >= 11 is 0. The van der Waals surface area contributed by atoms with Gasteiger partial charge in [-0.05, 0) is 6.92 Å². The third kappa shape index (κ3) is 3.59. The van der Waals surface area contributed by atoms with Gasteiger partial charge in [-0.15, -0.1) is 0 Å². The first kappa shape index (κ1) is 13.8. The summed E-state index contributed by atoms with van der Waals surface area (Å²) in [4.78, 5) is 26.9. The molecule has 1 atom stereocenters. The van der Waals surface area contributed by atoms with E-state index in [-0.39, 0.29) is 17.9 Å². The van der Waals surface area contributed by atoms with Crippen molar-refractivity contribution < 1.29 is 9.59 Å². The van der Waals surface area contributed by atoms with Crippen molar-refractivity contribution in [1.82, 2.24) is 15.1 Å². The Morgan fingerprint density at radius 2 is 1.76 bits per heavy atom. The lowest BCUT2D eigenvalue weighted by molar-refractivity contribution is -0.136. The molecular weight excluding hydrogens is 220 g/mol. The maximum absolute atomic E-state index is 11.9. The molecule has 0 radical (unpaired) electrons. The van der Waals surface area contributed by atoms with E-state index in [0.717, 1.165) is 0 Å². The van der Waals surface area contributed by atoms with Crippen LogP contribution in [0.4, 0.5) is 4.79 Å². The van der Waals surface area contributed by atoms with E-state index in [1.54, 1.807) is 9.80 Å². The first-order valence-corrected chi connectivity index (χ1v) is 6.11. The Kier molecular flexibility index (Phi) is 5.21. The Labute approximate surface area is 102 Å². The number of urea groups is 1. The van der Waals surface area contributed by atoms with Crippen molar-refractivity contribution in [2.24, 2.45) is 11.7 Å². The minimum Gasteiger partial charge on any atom is -0.339 e. The predicted octanol–water partition coefficient (Wildman–Crippen LogP) is -0.545. The second-order valence-electron chi connectivity index (χ2n) is 4.28. The molecule has 1 heterocycles. The lowest BCUT2D eigenvalue weighted by Gasteiger charge is -2.35. The third-order valence-electron chi connectivity index (χ3n) is 2.98. The maximum atomic E-state index is 11.9. The number of hydrogen-bond acceptors (Lipinski definition) is 3. The highest BCUT2D eigenvalue weighted by atomic mass is 16.2. The lowest BCUT2D eigenvalue weighted by atomic mass is 10.1. The second-order valence-corrected chi connectivity index (χ2v) is 4.28. The van der Waals surface area contributed by atoms with Gasteiger partial charge in [0.2, 0.25) is 5.91 Å². The molecule has 3 amide bonds. The van der Waals surface area contributed by atoms with Gasteiger partial charge < -0.3 is 20.9 Å². The third-order valence-corrected chi connectivity index (χ3v) is 2.98. The maximum Gasteiger partial charge on any atom is 0.317 e. The fraction of sp³-hybridized carbons (Fsp3) is 0.818. The molecule has 1 rings (SSSR count). The molecule has 6 heteroatoms. The van der Waals surface area contributed by atoms with Gasteiger partial charge >= 0.3 is 6.03 Å². The number of carbonyl (C=O) groups is 2. The van der Waals surface area contributed by atoms with Crippen LogP contribution in [0.3, 0.4) is 0 Å². The van der Waals surface area contributed by atoms with Crippen molar-refractivity contribution in [3.8, 4) is 0 Å². The zero-order chi connectivity index (χ0) is 12.8. The summed E-state index contributed by atoms with van der Waals surface area (Å²) in [6, 6.07) is -0.0496. The highest BCUT2D eigenvalue weighted by Crippen LogP contribution is 2.06. The molecule has 1 fully saturated rings. The Morgan fingerprint density at radius 3 is 2.24 bits per heavy atom. The Bertz CT molecular complexity index is 275. The largest absolute Gasteiger partial charge is 0.339 e. The topological polar surface area (TPSA) is 78.7 Å². The molecule has 0 saturated carbocycles. The number of nitrogens with two attached hydrogens (primary N) is 1. The number of rotatable bonds is 3. The lowest BCUT2D eigenvalue weighted by Crippen LogP contribution is -2.54. The van der Waals surface area contributed by atoms with Crippen molar-refractivity contribution >= 4 is 11.9 Å². The number of hydrogen-bond donors (Lipinski definition) is 2. The summed E-state index contributed by atoms with van der Waals surface area (Å²) in [6.45, 7) is 7.10. The quantitative estimate of drug-likeness (QED) is 0.697. The normalized spacial score (nSPS) is 17.8. The minimum absolute atomic E-state index is 0.0496. The van der Waals surface area contributed by atoms with Crippen molar-refractivity contribution in [3.05, 3.63) is 0 Å². The number of nitrogens with one attached hydrogen (secondary N) is 1. The van der Waals surface area contributed by atoms with Gasteiger partial charge in [-0.1, -0.05) is 6.92 Å². The average Bonchev–Trinajstić information content (AvgIpc) is 2.37. The summed E-state index contributed by atoms with van der Waals surface area (Å²) in [5.41, 5.74) is 5.47. The molecule has 0 aliphatic carbocycles. The molecule has 0 aromatic carbocycles. The van der Waals surface area contributed by atoms with Crippen LogP contribution in [-0.2, 0) is 4.79 Å². The number of carbonyl (C=O) groups excluding carboxylic acids is 2. The Morgan fingerprint density at radius 1 is 1.24 bits per heavy atom. The molecule has 98 valence electrons. The summed E-state index contributed by atoms with van der Waals surface area (Å²) in [5.74, 6) is -0.0472. The van der Waals surface area contributed by atoms with E-state index in [1.807, 2.05) is 13.8 Å². The van der Waals surface area contributed by atoms with E-state index in [4.69, 9.17) is 5.73 Å². The predicted molar refractivity (Wildman–Crippen MR) is 65.4 cm³/mol. The summed E-state index contributed by atoms with van der Waals surface area (Å²) < 4.78 is 0. The molecule has 6 nitrogen and oxygen atoms in total. The van der Waals surface area contributed by atoms with Gasteiger partial charge in [0, 0.05) is 45.2 Å². The van der Waals surface area contributed by atoms with Crippen LogP contribution in [0.1, 0.15) is 13.8 Å². The van der Waals surface area contributed by atoms with Crippen LogP contribution in [0.15, 0.2) is 0 Å². The summed E-state index contributed by atoms with van der Waals surface area (Å²) in [5, 5.41) is 2.76. The number of nitrogens with zero attached hydrogens (tertiary/aromatic N) is 2. The average molecular weight is 242 g/mol. The van der Waals surface area contributed by atoms with Crippen LogP contribution in [0.5, 0.6) is 0 Å². The molecule has 3 N–H and O–H groups in total. The van der Waals surface area contributed by atoms with Gasteiger partial charge in [-0.2, -0.15) is 0 Å². The van der Waals surface area contributed by atoms with Crippen LogP contribution in [-0.4, -0.2) is 61.0 Å². The van der Waals surface area contributed by atoms with Gasteiger partial charge in [0.05, 0.1) is 0 Å². The van der Waals surface area contributed by atoms with Crippen LogP contribution in [0.2, 0.25) is 0 Å². The van der Waals surface area contributed by atoms with Crippen LogP contribution < -0.4 is 11.1 Å². The zero-order valence-electron chi connectivity index (χ0n) is 10.6. The summed E-state index contributed by atoms with van der Waals surface area (Å²) in [7, 11) is 0. The van der Waals surface area contributed by atoms with Gasteiger partial charge in [0.15, 0.2) is 0 Å². The second kappa shape index (κ2) is 6.44. The molecule has 1 saturated heterocycles. The molecule has 0 aromatic rings. The molecule has 1 aliphatic rings. The van der Waals surface area contributed by atoms with Crippen molar-refractivity contribution in [2.45, 2.75) is 13.8 Å². The van der Waals surface area contributed by atoms with Crippen molar-refractivity contribution in [1.29, 1.82) is 0 Å². The Hall–Kier alpha value is -1.30. The molecule has 1 aliphatic heterocycles. The molecule has 0 bridgehead atoms. The van der Waals surface area contributed by atoms with E-state index in [0.29, 0.717) is 39.3 Å². The van der Waals surface area contributed by atoms with Gasteiger partial charge in [-0.25, -0.2) is 4.79 Å². The van der Waals surface area contributed by atoms with Crippen molar-refractivity contribution in [2.75, 3.05) is 39.3 Å². The fourth-order valence-corrected chi connectivity index (χ4v) is 1.81. The van der Waals surface area contributed by atoms with E-state index in [9.17, 15) is 9.59 Å². The highest BCUT2D eigenvalue weighted by Gasteiger charge is 2.25. The van der Waals surface area contributed by atoms with Gasteiger partial charge in [0.25, 0.3) is 0 Å². The van der Waals surface area contributed by atoms with Crippen LogP contribution in [0, 0.1) is 5.92 Å². The van der Waals surface area contributed by atoms with Gasteiger partial charge in [0.1, 0.15) is 0 Å². The first-order valence-electron chi connectivity index (χ1n) is 6.11. The monoisotopic (exact) mass is 242 g/mol. The summed E-state index contributed by atoms with van der Waals surface area (Å²) in [6.07, 6.45) is 0. The van der Waals surface area contributed by atoms with E-state index in [1.165, 1.54) is 0 Å². The SMILES string of the molecule is CCNC(=O)N1CCN(C(=O)C(C)CN)CC1. The Balaban J connectivity index is 2.40. The fourth-order valence-electron chi connectivity index (χ4n) is 1.81. The van der Waals surface area contributed by atoms with E-state index < -0.39 is 0 Å². The van der Waals surface area contributed by atoms with Crippen molar-refractivity contribution in [3.63, 3.8) is 0 Å². The van der Waals surface area contributed by atoms with E-state index >= 15 is 0 Å². The highest BCUT2D eigenvalue weighted by molar-refractivity contribution is 5.79. The molecule has 0 spiro atoms. The number of amides is 3. The van der Waals surface area contributed by atoms with Crippen LogP contribution in [0.25, 0.3) is 0 Å². The number of piperazine rings is 1. The molecule has 0 aromatic heterocycles.